The summed E-state index contributed by atoms with van der Waals surface area (Å²) in [5.74, 6) is -2.58. The molecule has 9 heteroatoms. The summed E-state index contributed by atoms with van der Waals surface area (Å²) in [6.45, 7) is 2.49. The van der Waals surface area contributed by atoms with E-state index in [1.54, 1.807) is 36.2 Å². The summed E-state index contributed by atoms with van der Waals surface area (Å²) in [7, 11) is 1.69. The summed E-state index contributed by atoms with van der Waals surface area (Å²) >= 11 is 0. The molecule has 1 amide bonds. The lowest BCUT2D eigenvalue weighted by Gasteiger charge is -2.24. The predicted octanol–water partition coefficient (Wildman–Crippen LogP) is 6.95. The molecule has 0 saturated carbocycles. The SMILES string of the molecule is CCCN(C)C(=O)[C@H]1CC(c2c(F)cccc2F)=NC1c1ccc(-c2ccc(OC(F)(F)F)cc2)cc1. The van der Waals surface area contributed by atoms with Crippen molar-refractivity contribution in [2.75, 3.05) is 13.6 Å². The number of nitrogens with zero attached hydrogens (tertiary/aromatic N) is 2. The highest BCUT2D eigenvalue weighted by molar-refractivity contribution is 6.05. The average Bonchev–Trinajstić information content (AvgIpc) is 3.28. The molecule has 0 saturated heterocycles. The molecule has 37 heavy (non-hydrogen) atoms. The zero-order chi connectivity index (χ0) is 26.7. The molecule has 1 aliphatic heterocycles. The number of amides is 1. The molecule has 0 aliphatic carbocycles. The molecule has 0 bridgehead atoms. The van der Waals surface area contributed by atoms with Gasteiger partial charge in [-0.3, -0.25) is 9.79 Å². The number of ether oxygens (including phenoxy) is 1. The molecule has 4 rings (SSSR count). The lowest BCUT2D eigenvalue weighted by Crippen LogP contribution is -2.35. The third-order valence-corrected chi connectivity index (χ3v) is 6.27. The molecule has 1 heterocycles. The third kappa shape index (κ3) is 5.98. The second-order valence-electron chi connectivity index (χ2n) is 8.88. The highest BCUT2D eigenvalue weighted by Crippen LogP contribution is 2.39. The molecule has 3 aromatic rings. The fourth-order valence-electron chi connectivity index (χ4n) is 4.55. The molecule has 0 radical (unpaired) electrons. The van der Waals surface area contributed by atoms with Crippen LogP contribution in [0.15, 0.2) is 71.7 Å². The van der Waals surface area contributed by atoms with E-state index in [4.69, 9.17) is 0 Å². The Morgan fingerprint density at radius 1 is 0.973 bits per heavy atom. The number of carbonyl (C=O) groups is 1. The van der Waals surface area contributed by atoms with Crippen LogP contribution in [0.3, 0.4) is 0 Å². The number of benzene rings is 3. The van der Waals surface area contributed by atoms with Crippen molar-refractivity contribution in [1.29, 1.82) is 0 Å². The van der Waals surface area contributed by atoms with Crippen molar-refractivity contribution in [1.82, 2.24) is 4.90 Å². The highest BCUT2D eigenvalue weighted by atomic mass is 19.4. The molecule has 194 valence electrons. The summed E-state index contributed by atoms with van der Waals surface area (Å²) in [5, 5.41) is 0. The van der Waals surface area contributed by atoms with Crippen LogP contribution >= 0.6 is 0 Å². The first-order chi connectivity index (χ1) is 17.6. The van der Waals surface area contributed by atoms with E-state index in [0.29, 0.717) is 17.7 Å². The van der Waals surface area contributed by atoms with Gasteiger partial charge in [0.05, 0.1) is 17.5 Å². The van der Waals surface area contributed by atoms with Gasteiger partial charge in [-0.1, -0.05) is 49.4 Å². The Hall–Kier alpha value is -3.75. The lowest BCUT2D eigenvalue weighted by atomic mass is 9.89. The summed E-state index contributed by atoms with van der Waals surface area (Å²) in [4.78, 5) is 19.5. The van der Waals surface area contributed by atoms with Gasteiger partial charge in [0.15, 0.2) is 0 Å². The van der Waals surface area contributed by atoms with Crippen LogP contribution in [0.2, 0.25) is 0 Å². The van der Waals surface area contributed by atoms with Gasteiger partial charge in [-0.25, -0.2) is 8.78 Å². The highest BCUT2D eigenvalue weighted by Gasteiger charge is 2.39. The van der Waals surface area contributed by atoms with E-state index in [1.807, 2.05) is 6.92 Å². The summed E-state index contributed by atoms with van der Waals surface area (Å²) < 4.78 is 70.2. The maximum Gasteiger partial charge on any atom is 0.573 e. The van der Waals surface area contributed by atoms with Crippen LogP contribution in [-0.2, 0) is 4.79 Å². The maximum absolute atomic E-state index is 14.5. The zero-order valence-electron chi connectivity index (χ0n) is 20.2. The van der Waals surface area contributed by atoms with Crippen molar-refractivity contribution in [2.45, 2.75) is 32.2 Å². The van der Waals surface area contributed by atoms with Crippen molar-refractivity contribution in [3.63, 3.8) is 0 Å². The summed E-state index contributed by atoms with van der Waals surface area (Å²) in [5.41, 5.74) is 2.07. The molecular weight excluding hydrogens is 491 g/mol. The van der Waals surface area contributed by atoms with Gasteiger partial charge in [0.1, 0.15) is 17.4 Å². The van der Waals surface area contributed by atoms with E-state index in [9.17, 15) is 26.7 Å². The number of aliphatic imine (C=N–C) groups is 1. The molecule has 3 aromatic carbocycles. The van der Waals surface area contributed by atoms with Gasteiger partial charge in [0.2, 0.25) is 5.91 Å². The van der Waals surface area contributed by atoms with Crippen LogP contribution in [0.5, 0.6) is 5.75 Å². The molecule has 1 unspecified atom stereocenters. The Morgan fingerprint density at radius 2 is 1.54 bits per heavy atom. The van der Waals surface area contributed by atoms with Crippen molar-refractivity contribution in [3.8, 4) is 16.9 Å². The van der Waals surface area contributed by atoms with Gasteiger partial charge < -0.3 is 9.64 Å². The van der Waals surface area contributed by atoms with Crippen molar-refractivity contribution >= 4 is 11.6 Å². The fourth-order valence-corrected chi connectivity index (χ4v) is 4.55. The summed E-state index contributed by atoms with van der Waals surface area (Å²) in [6.07, 6.45) is -3.91. The lowest BCUT2D eigenvalue weighted by molar-refractivity contribution is -0.274. The van der Waals surface area contributed by atoms with Crippen LogP contribution in [0.25, 0.3) is 11.1 Å². The van der Waals surface area contributed by atoms with Crippen LogP contribution in [0, 0.1) is 17.6 Å². The van der Waals surface area contributed by atoms with Gasteiger partial charge in [-0.05, 0) is 47.4 Å². The van der Waals surface area contributed by atoms with Crippen LogP contribution in [0.1, 0.15) is 36.9 Å². The van der Waals surface area contributed by atoms with Gasteiger partial charge >= 0.3 is 6.36 Å². The molecule has 0 N–H and O–H groups in total. The van der Waals surface area contributed by atoms with Crippen LogP contribution < -0.4 is 4.74 Å². The number of hydrogen-bond donors (Lipinski definition) is 0. The third-order valence-electron chi connectivity index (χ3n) is 6.27. The van der Waals surface area contributed by atoms with Gasteiger partial charge in [-0.2, -0.15) is 0 Å². The van der Waals surface area contributed by atoms with Crippen molar-refractivity contribution in [3.05, 3.63) is 89.5 Å². The van der Waals surface area contributed by atoms with E-state index in [0.717, 1.165) is 24.1 Å². The number of halogens is 5. The van der Waals surface area contributed by atoms with Crippen LogP contribution in [0.4, 0.5) is 22.0 Å². The molecule has 0 aromatic heterocycles. The Bertz CT molecular complexity index is 1270. The molecule has 1 aliphatic rings. The first kappa shape index (κ1) is 26.3. The number of carbonyl (C=O) groups excluding carboxylic acids is 1. The van der Waals surface area contributed by atoms with E-state index >= 15 is 0 Å². The quantitative estimate of drug-likeness (QED) is 0.319. The Morgan fingerprint density at radius 3 is 2.08 bits per heavy atom. The number of hydrogen-bond acceptors (Lipinski definition) is 3. The Labute approximate surface area is 211 Å². The Balaban J connectivity index is 1.64. The van der Waals surface area contributed by atoms with Gasteiger partial charge in [0, 0.05) is 25.7 Å². The second-order valence-corrected chi connectivity index (χ2v) is 8.88. The van der Waals surface area contributed by atoms with Crippen molar-refractivity contribution in [2.24, 2.45) is 10.9 Å². The molecule has 0 fully saturated rings. The average molecular weight is 517 g/mol. The normalized spacial score (nSPS) is 17.4. The van der Waals surface area contributed by atoms with Gasteiger partial charge in [0.25, 0.3) is 0 Å². The second kappa shape index (κ2) is 10.7. The monoisotopic (exact) mass is 516 g/mol. The molecule has 2 atom stereocenters. The topological polar surface area (TPSA) is 41.9 Å². The minimum absolute atomic E-state index is 0.0951. The van der Waals surface area contributed by atoms with Crippen molar-refractivity contribution < 1.29 is 31.5 Å². The summed E-state index contributed by atoms with van der Waals surface area (Å²) in [6, 6.07) is 15.5. The minimum atomic E-state index is -4.77. The van der Waals surface area contributed by atoms with Crippen LogP contribution in [-0.4, -0.2) is 36.5 Å². The molecule has 4 nitrogen and oxygen atoms in total. The molecule has 0 spiro atoms. The smallest absolute Gasteiger partial charge is 0.406 e. The van der Waals surface area contributed by atoms with E-state index in [1.165, 1.54) is 30.3 Å². The first-order valence-corrected chi connectivity index (χ1v) is 11.8. The molecular formula is C28H25F5N2O2. The van der Waals surface area contributed by atoms with E-state index in [2.05, 4.69) is 9.73 Å². The Kier molecular flexibility index (Phi) is 7.61. The zero-order valence-corrected chi connectivity index (χ0v) is 20.2. The number of rotatable bonds is 7. The largest absolute Gasteiger partial charge is 0.573 e. The predicted molar refractivity (Wildman–Crippen MR) is 130 cm³/mol. The van der Waals surface area contributed by atoms with E-state index < -0.39 is 30.0 Å². The van der Waals surface area contributed by atoms with E-state index in [-0.39, 0.29) is 29.4 Å². The van der Waals surface area contributed by atoms with Gasteiger partial charge in [-0.15, -0.1) is 13.2 Å². The maximum atomic E-state index is 14.5. The minimum Gasteiger partial charge on any atom is -0.406 e. The first-order valence-electron chi connectivity index (χ1n) is 11.8. The fraction of sp³-hybridized carbons (Fsp3) is 0.286. The number of alkyl halides is 3. The standard InChI is InChI=1S/C28H25F5N2O2/c1-3-15-35(2)27(36)21-16-24(25-22(29)5-4-6-23(25)30)34-26(21)19-9-7-17(8-10-19)18-11-13-20(14-12-18)37-28(31,32)33/h4-14,21,26H,3,15-16H2,1-2H3/t21-,26?/m0/s1.